The van der Waals surface area contributed by atoms with Crippen molar-refractivity contribution in [2.24, 2.45) is 0 Å². The number of benzene rings is 2. The molecule has 4 nitrogen and oxygen atoms in total. The Morgan fingerprint density at radius 2 is 2.15 bits per heavy atom. The minimum absolute atomic E-state index is 0.0772. The minimum Gasteiger partial charge on any atom is -0.497 e. The van der Waals surface area contributed by atoms with Crippen molar-refractivity contribution in [1.82, 2.24) is 5.32 Å². The topological polar surface area (TPSA) is 47.6 Å². The van der Waals surface area contributed by atoms with Gasteiger partial charge in [-0.25, -0.2) is 0 Å². The predicted octanol–water partition coefficient (Wildman–Crippen LogP) is 5.01. The summed E-state index contributed by atoms with van der Waals surface area (Å²) in [6, 6.07) is 13.3. The highest BCUT2D eigenvalue weighted by atomic mass is 32.2. The highest BCUT2D eigenvalue weighted by Gasteiger charge is 2.35. The van der Waals surface area contributed by atoms with Crippen LogP contribution >= 0.6 is 11.8 Å². The van der Waals surface area contributed by atoms with E-state index in [0.29, 0.717) is 12.0 Å². The zero-order valence-electron chi connectivity index (χ0n) is 16.0. The van der Waals surface area contributed by atoms with E-state index in [1.165, 1.54) is 0 Å². The van der Waals surface area contributed by atoms with Crippen molar-refractivity contribution in [1.29, 1.82) is 0 Å². The number of hydrogen-bond donors (Lipinski definition) is 1. The van der Waals surface area contributed by atoms with Gasteiger partial charge in [-0.15, -0.1) is 18.3 Å². The van der Waals surface area contributed by atoms with E-state index in [4.69, 9.17) is 9.47 Å². The fourth-order valence-corrected chi connectivity index (χ4v) is 4.04. The average molecular weight is 384 g/mol. The zero-order chi connectivity index (χ0) is 19.4. The summed E-state index contributed by atoms with van der Waals surface area (Å²) < 4.78 is 11.4. The molecule has 1 N–H and O–H groups in total. The molecule has 0 saturated heterocycles. The second kappa shape index (κ2) is 8.09. The van der Waals surface area contributed by atoms with Gasteiger partial charge in [-0.2, -0.15) is 0 Å². The summed E-state index contributed by atoms with van der Waals surface area (Å²) in [5.41, 5.74) is 1.28. The molecule has 142 valence electrons. The molecule has 3 rings (SSSR count). The predicted molar refractivity (Wildman–Crippen MR) is 110 cm³/mol. The number of thioether (sulfide) groups is 1. The summed E-state index contributed by atoms with van der Waals surface area (Å²) >= 11 is 1.61. The molecule has 1 amide bonds. The van der Waals surface area contributed by atoms with Gasteiger partial charge in [0.25, 0.3) is 5.91 Å². The van der Waals surface area contributed by atoms with E-state index in [2.05, 4.69) is 11.9 Å². The molecule has 0 aromatic heterocycles. The number of carbonyl (C=O) groups excluding carboxylic acids is 1. The van der Waals surface area contributed by atoms with Crippen LogP contribution in [0.5, 0.6) is 11.5 Å². The maximum atomic E-state index is 13.0. The number of fused-ring (bicyclic) bond motifs is 1. The molecule has 0 bridgehead atoms. The van der Waals surface area contributed by atoms with Gasteiger partial charge in [0.05, 0.1) is 18.7 Å². The molecule has 0 radical (unpaired) electrons. The van der Waals surface area contributed by atoms with E-state index in [-0.39, 0.29) is 17.6 Å². The molecule has 1 aliphatic heterocycles. The quantitative estimate of drug-likeness (QED) is 0.563. The monoisotopic (exact) mass is 383 g/mol. The van der Waals surface area contributed by atoms with Crippen LogP contribution in [0.2, 0.25) is 0 Å². The third-order valence-electron chi connectivity index (χ3n) is 4.47. The maximum Gasteiger partial charge on any atom is 0.252 e. The van der Waals surface area contributed by atoms with Crippen molar-refractivity contribution in [3.05, 3.63) is 66.2 Å². The van der Waals surface area contributed by atoms with Gasteiger partial charge in [-0.1, -0.05) is 18.2 Å². The lowest BCUT2D eigenvalue weighted by atomic mass is 9.89. The SMILES string of the molecule is C=CCSc1ccccc1C(=O)N[C@@H]1CC(C)(C)Oc2cc(OC)ccc21. The Kier molecular flexibility index (Phi) is 5.80. The Labute approximate surface area is 165 Å². The summed E-state index contributed by atoms with van der Waals surface area (Å²) in [6.45, 7) is 7.81. The van der Waals surface area contributed by atoms with E-state index in [1.807, 2.05) is 62.4 Å². The molecule has 1 heterocycles. The number of methoxy groups -OCH3 is 1. The van der Waals surface area contributed by atoms with Crippen LogP contribution in [0.4, 0.5) is 0 Å². The number of hydrogen-bond acceptors (Lipinski definition) is 4. The van der Waals surface area contributed by atoms with Crippen molar-refractivity contribution in [2.75, 3.05) is 12.9 Å². The summed E-state index contributed by atoms with van der Waals surface area (Å²) in [5.74, 6) is 2.18. The molecule has 1 atom stereocenters. The number of nitrogens with one attached hydrogen (secondary N) is 1. The van der Waals surface area contributed by atoms with E-state index in [9.17, 15) is 4.79 Å². The van der Waals surface area contributed by atoms with E-state index in [0.717, 1.165) is 27.7 Å². The Bertz CT molecular complexity index is 847. The van der Waals surface area contributed by atoms with Crippen molar-refractivity contribution in [3.8, 4) is 11.5 Å². The van der Waals surface area contributed by atoms with Crippen LogP contribution in [0.3, 0.4) is 0 Å². The van der Waals surface area contributed by atoms with E-state index >= 15 is 0 Å². The van der Waals surface area contributed by atoms with Crippen LogP contribution in [0.25, 0.3) is 0 Å². The van der Waals surface area contributed by atoms with Crippen LogP contribution in [0.15, 0.2) is 60.0 Å². The first-order chi connectivity index (χ1) is 12.9. The van der Waals surface area contributed by atoms with Gasteiger partial charge in [0.1, 0.15) is 17.1 Å². The lowest BCUT2D eigenvalue weighted by Gasteiger charge is -2.38. The molecule has 0 unspecified atom stereocenters. The number of carbonyl (C=O) groups is 1. The Balaban J connectivity index is 1.87. The lowest BCUT2D eigenvalue weighted by molar-refractivity contribution is 0.0616. The molecular weight excluding hydrogens is 358 g/mol. The van der Waals surface area contributed by atoms with Crippen molar-refractivity contribution in [2.45, 2.75) is 36.8 Å². The molecule has 0 fully saturated rings. The highest BCUT2D eigenvalue weighted by molar-refractivity contribution is 7.99. The summed E-state index contributed by atoms with van der Waals surface area (Å²) in [4.78, 5) is 14.0. The van der Waals surface area contributed by atoms with Gasteiger partial charge in [0, 0.05) is 28.7 Å². The summed E-state index contributed by atoms with van der Waals surface area (Å²) in [6.07, 6.45) is 2.53. The zero-order valence-corrected chi connectivity index (χ0v) is 16.8. The fraction of sp³-hybridized carbons (Fsp3) is 0.318. The number of rotatable bonds is 6. The van der Waals surface area contributed by atoms with Crippen LogP contribution < -0.4 is 14.8 Å². The first-order valence-electron chi connectivity index (χ1n) is 8.94. The highest BCUT2D eigenvalue weighted by Crippen LogP contribution is 2.41. The Hall–Kier alpha value is -2.40. The molecule has 2 aromatic carbocycles. The average Bonchev–Trinajstić information content (AvgIpc) is 2.65. The van der Waals surface area contributed by atoms with E-state index < -0.39 is 0 Å². The molecule has 5 heteroatoms. The molecular formula is C22H25NO3S. The largest absolute Gasteiger partial charge is 0.497 e. The number of ether oxygens (including phenoxy) is 2. The Morgan fingerprint density at radius 1 is 1.37 bits per heavy atom. The van der Waals surface area contributed by atoms with Crippen molar-refractivity contribution < 1.29 is 14.3 Å². The van der Waals surface area contributed by atoms with Crippen LogP contribution in [0, 0.1) is 0 Å². The van der Waals surface area contributed by atoms with Crippen molar-refractivity contribution >= 4 is 17.7 Å². The minimum atomic E-state index is -0.381. The molecule has 2 aromatic rings. The van der Waals surface area contributed by atoms with Gasteiger partial charge >= 0.3 is 0 Å². The van der Waals surface area contributed by atoms with Gasteiger partial charge < -0.3 is 14.8 Å². The van der Waals surface area contributed by atoms with Crippen LogP contribution in [-0.4, -0.2) is 24.4 Å². The second-order valence-corrected chi connectivity index (χ2v) is 8.15. The van der Waals surface area contributed by atoms with E-state index in [1.54, 1.807) is 18.9 Å². The second-order valence-electron chi connectivity index (χ2n) is 7.09. The van der Waals surface area contributed by atoms with Gasteiger partial charge in [-0.05, 0) is 38.1 Å². The summed E-state index contributed by atoms with van der Waals surface area (Å²) in [7, 11) is 1.63. The number of amides is 1. The van der Waals surface area contributed by atoms with Crippen LogP contribution in [0.1, 0.15) is 42.2 Å². The molecule has 1 aliphatic rings. The maximum absolute atomic E-state index is 13.0. The lowest BCUT2D eigenvalue weighted by Crippen LogP contribution is -2.41. The van der Waals surface area contributed by atoms with Crippen molar-refractivity contribution in [3.63, 3.8) is 0 Å². The Morgan fingerprint density at radius 3 is 2.89 bits per heavy atom. The van der Waals surface area contributed by atoms with Gasteiger partial charge in [0.2, 0.25) is 0 Å². The first kappa shape index (κ1) is 19.4. The molecule has 0 spiro atoms. The fourth-order valence-electron chi connectivity index (χ4n) is 3.25. The molecule has 0 saturated carbocycles. The first-order valence-corrected chi connectivity index (χ1v) is 9.92. The van der Waals surface area contributed by atoms with Gasteiger partial charge in [0.15, 0.2) is 0 Å². The normalized spacial score (nSPS) is 17.4. The third-order valence-corrected chi connectivity index (χ3v) is 5.54. The summed E-state index contributed by atoms with van der Waals surface area (Å²) in [5, 5.41) is 3.20. The molecule has 27 heavy (non-hydrogen) atoms. The standard InChI is InChI=1S/C22H25NO3S/c1-5-12-27-20-9-7-6-8-17(20)21(24)23-18-14-22(2,3)26-19-13-15(25-4)10-11-16(18)19/h5-11,13,18H,1,12,14H2,2-4H3,(H,23,24)/t18-/m1/s1. The van der Waals surface area contributed by atoms with Crippen LogP contribution in [-0.2, 0) is 0 Å². The molecule has 0 aliphatic carbocycles. The third kappa shape index (κ3) is 4.48. The van der Waals surface area contributed by atoms with Gasteiger partial charge in [-0.3, -0.25) is 4.79 Å². The smallest absolute Gasteiger partial charge is 0.252 e.